The van der Waals surface area contributed by atoms with Crippen molar-refractivity contribution in [3.05, 3.63) is 0 Å². The van der Waals surface area contributed by atoms with Gasteiger partial charge < -0.3 is 5.32 Å². The molecular formula is C13H27FeNS2. The summed E-state index contributed by atoms with van der Waals surface area (Å²) in [5, 5.41) is 3.33. The molecule has 0 aliphatic heterocycles. The van der Waals surface area contributed by atoms with Gasteiger partial charge in [-0.3, -0.25) is 0 Å². The van der Waals surface area contributed by atoms with Crippen molar-refractivity contribution in [2.24, 2.45) is 0 Å². The average molecular weight is 317 g/mol. The summed E-state index contributed by atoms with van der Waals surface area (Å²) in [6.07, 6.45) is 10.5. The molecule has 0 aromatic heterocycles. The second-order valence-electron chi connectivity index (χ2n) is 4.18. The molecule has 0 radical (unpaired) electrons. The Morgan fingerprint density at radius 3 is 2.12 bits per heavy atom. The maximum absolute atomic E-state index is 5.26. The zero-order chi connectivity index (χ0) is 12.1. The van der Waals surface area contributed by atoms with E-state index in [9.17, 15) is 0 Å². The van der Waals surface area contributed by atoms with Gasteiger partial charge in [-0.05, 0) is 12.8 Å². The van der Waals surface area contributed by atoms with E-state index in [-0.39, 0.29) is 17.1 Å². The van der Waals surface area contributed by atoms with Gasteiger partial charge in [0.05, 0.1) is 0 Å². The van der Waals surface area contributed by atoms with Crippen molar-refractivity contribution in [2.75, 3.05) is 12.3 Å². The summed E-state index contributed by atoms with van der Waals surface area (Å²) in [5.74, 6) is 1.18. The molecule has 0 bridgehead atoms. The molecule has 0 saturated carbocycles. The second-order valence-corrected chi connectivity index (χ2v) is 5.96. The van der Waals surface area contributed by atoms with Gasteiger partial charge in [-0.1, -0.05) is 76.4 Å². The zero-order valence-corrected chi connectivity index (χ0v) is 14.0. The fraction of sp³-hybridized carbons (Fsp3) is 0.923. The molecule has 0 atom stereocenters. The summed E-state index contributed by atoms with van der Waals surface area (Å²) in [6, 6.07) is 0. The normalized spacial score (nSPS) is 9.76. The van der Waals surface area contributed by atoms with Crippen LogP contribution in [0.3, 0.4) is 0 Å². The Kier molecular flexibility index (Phi) is 19.8. The molecule has 0 aliphatic carbocycles. The monoisotopic (exact) mass is 317 g/mol. The van der Waals surface area contributed by atoms with E-state index in [0.29, 0.717) is 0 Å². The minimum atomic E-state index is 0. The number of thiocarbonyl (C=S) groups is 1. The van der Waals surface area contributed by atoms with E-state index in [1.165, 1.54) is 57.1 Å². The maximum Gasteiger partial charge on any atom is 0.133 e. The van der Waals surface area contributed by atoms with Gasteiger partial charge in [0.15, 0.2) is 0 Å². The van der Waals surface area contributed by atoms with Crippen molar-refractivity contribution >= 4 is 28.3 Å². The van der Waals surface area contributed by atoms with Crippen LogP contribution in [0.25, 0.3) is 0 Å². The second kappa shape index (κ2) is 16.8. The average Bonchev–Trinajstić information content (AvgIpc) is 2.28. The van der Waals surface area contributed by atoms with Crippen LogP contribution in [0, 0.1) is 0 Å². The van der Waals surface area contributed by atoms with Gasteiger partial charge in [-0.15, -0.1) is 0 Å². The van der Waals surface area contributed by atoms with Crippen molar-refractivity contribution in [3.8, 4) is 0 Å². The van der Waals surface area contributed by atoms with E-state index >= 15 is 0 Å². The first kappa shape index (κ1) is 20.1. The summed E-state index contributed by atoms with van der Waals surface area (Å²) >= 11 is 7.07. The molecule has 0 unspecified atom stereocenters. The first-order chi connectivity index (χ1) is 7.81. The van der Waals surface area contributed by atoms with E-state index < -0.39 is 0 Å². The van der Waals surface area contributed by atoms with Crippen LogP contribution < -0.4 is 5.32 Å². The molecular weight excluding hydrogens is 290 g/mol. The molecule has 4 heteroatoms. The number of nitrogens with one attached hydrogen (secondary N) is 1. The number of thioether (sulfide) groups is 1. The van der Waals surface area contributed by atoms with Crippen LogP contribution in [0.5, 0.6) is 0 Å². The van der Waals surface area contributed by atoms with Gasteiger partial charge in [0.25, 0.3) is 0 Å². The Hall–Kier alpha value is 0.759. The summed E-state index contributed by atoms with van der Waals surface area (Å²) < 4.78 is 0.994. The van der Waals surface area contributed by atoms with Gasteiger partial charge >= 0.3 is 0 Å². The molecule has 0 fully saturated rings. The van der Waals surface area contributed by atoms with Crippen molar-refractivity contribution < 1.29 is 17.1 Å². The van der Waals surface area contributed by atoms with E-state index in [1.807, 2.05) is 11.8 Å². The number of hydrogen-bond acceptors (Lipinski definition) is 2. The molecule has 0 saturated heterocycles. The van der Waals surface area contributed by atoms with Crippen LogP contribution in [0.2, 0.25) is 0 Å². The van der Waals surface area contributed by atoms with E-state index in [4.69, 9.17) is 12.2 Å². The predicted molar refractivity (Wildman–Crippen MR) is 81.3 cm³/mol. The van der Waals surface area contributed by atoms with Crippen molar-refractivity contribution in [2.45, 2.75) is 65.2 Å². The zero-order valence-electron chi connectivity index (χ0n) is 11.2. The van der Waals surface area contributed by atoms with E-state index in [0.717, 1.165) is 10.9 Å². The molecule has 0 rings (SSSR count). The molecule has 104 valence electrons. The van der Waals surface area contributed by atoms with Crippen LogP contribution in [0.4, 0.5) is 0 Å². The molecule has 0 aliphatic rings. The molecule has 0 aromatic rings. The summed E-state index contributed by atoms with van der Waals surface area (Å²) in [5.41, 5.74) is 0. The molecule has 0 amide bonds. The minimum Gasteiger partial charge on any atom is -0.371 e. The number of unbranched alkanes of at least 4 members (excludes halogenated alkanes) is 6. The van der Waals surface area contributed by atoms with Gasteiger partial charge in [0, 0.05) is 29.4 Å². The number of hydrogen-bond donors (Lipinski definition) is 1. The number of rotatable bonds is 10. The Bertz CT molecular complexity index is 149. The fourth-order valence-electron chi connectivity index (χ4n) is 1.49. The van der Waals surface area contributed by atoms with Crippen LogP contribution in [-0.2, 0) is 17.1 Å². The molecule has 17 heavy (non-hydrogen) atoms. The van der Waals surface area contributed by atoms with Crippen LogP contribution in [0.15, 0.2) is 0 Å². The molecule has 0 spiro atoms. The smallest absolute Gasteiger partial charge is 0.133 e. The molecule has 1 N–H and O–H groups in total. The minimum absolute atomic E-state index is 0. The molecule has 1 nitrogen and oxygen atoms in total. The predicted octanol–water partition coefficient (Wildman–Crippen LogP) is 4.75. The Morgan fingerprint density at radius 1 is 0.941 bits per heavy atom. The van der Waals surface area contributed by atoms with Crippen LogP contribution >= 0.6 is 24.0 Å². The third-order valence-corrected chi connectivity index (χ3v) is 3.93. The quantitative estimate of drug-likeness (QED) is 0.355. The first-order valence-electron chi connectivity index (χ1n) is 6.71. The largest absolute Gasteiger partial charge is 0.371 e. The van der Waals surface area contributed by atoms with Gasteiger partial charge in [-0.2, -0.15) is 0 Å². The van der Waals surface area contributed by atoms with E-state index in [2.05, 4.69) is 19.2 Å². The Morgan fingerprint density at radius 2 is 1.53 bits per heavy atom. The maximum atomic E-state index is 5.26. The third-order valence-electron chi connectivity index (χ3n) is 2.53. The summed E-state index contributed by atoms with van der Waals surface area (Å²) in [7, 11) is 0. The van der Waals surface area contributed by atoms with Gasteiger partial charge in [-0.25, -0.2) is 0 Å². The van der Waals surface area contributed by atoms with E-state index in [1.54, 1.807) is 0 Å². The summed E-state index contributed by atoms with van der Waals surface area (Å²) in [4.78, 5) is 0. The Balaban J connectivity index is 0. The third kappa shape index (κ3) is 16.8. The summed E-state index contributed by atoms with van der Waals surface area (Å²) in [6.45, 7) is 5.54. The SMILES string of the molecule is CCCCCCNC(=S)SCCCCCC.[Fe]. The standard InChI is InChI=1S/C13H27NS2.Fe/c1-3-5-7-9-11-14-13(15)16-12-10-8-6-4-2;/h3-12H2,1-2H3,(H,14,15);. The molecule has 0 heterocycles. The Labute approximate surface area is 128 Å². The van der Waals surface area contributed by atoms with Crippen LogP contribution in [0.1, 0.15) is 65.2 Å². The van der Waals surface area contributed by atoms with Crippen LogP contribution in [-0.4, -0.2) is 16.6 Å². The van der Waals surface area contributed by atoms with Crippen molar-refractivity contribution in [1.29, 1.82) is 0 Å². The van der Waals surface area contributed by atoms with Gasteiger partial charge in [0.2, 0.25) is 0 Å². The van der Waals surface area contributed by atoms with Gasteiger partial charge in [0.1, 0.15) is 4.32 Å². The first-order valence-corrected chi connectivity index (χ1v) is 8.11. The topological polar surface area (TPSA) is 12.0 Å². The van der Waals surface area contributed by atoms with Crippen molar-refractivity contribution in [1.82, 2.24) is 5.32 Å². The molecule has 0 aromatic carbocycles. The fourth-order valence-corrected chi connectivity index (χ4v) is 2.58. The van der Waals surface area contributed by atoms with Crippen molar-refractivity contribution in [3.63, 3.8) is 0 Å².